The van der Waals surface area contributed by atoms with Gasteiger partial charge in [-0.25, -0.2) is 0 Å². The van der Waals surface area contributed by atoms with Crippen molar-refractivity contribution in [2.75, 3.05) is 0 Å². The van der Waals surface area contributed by atoms with E-state index < -0.39 is 48.9 Å². The standard InChI is InChI=1S/C30H38O9/c1-19-29(39-28-16-26(37-21(3)31)30(20(2)36-28)38-22(4)32)25(33-17-23-11-7-5-8-12-23)15-27(35-19)34-18-24-13-9-6-10-14-24/h5-14,19-20,25-30H,15-18H2,1-4H3/t19-,20-,25-,26-,27+,28-,29-,30-/m1/s1. The van der Waals surface area contributed by atoms with Crippen molar-refractivity contribution in [2.24, 2.45) is 0 Å². The number of esters is 2. The molecule has 0 radical (unpaired) electrons. The molecular formula is C30H38O9. The Morgan fingerprint density at radius 1 is 0.692 bits per heavy atom. The maximum Gasteiger partial charge on any atom is 0.303 e. The molecule has 2 aromatic rings. The second-order valence-electron chi connectivity index (χ2n) is 9.97. The summed E-state index contributed by atoms with van der Waals surface area (Å²) in [5.74, 6) is -0.945. The summed E-state index contributed by atoms with van der Waals surface area (Å²) in [6, 6.07) is 19.8. The first-order valence-corrected chi connectivity index (χ1v) is 13.4. The van der Waals surface area contributed by atoms with Gasteiger partial charge in [0.25, 0.3) is 0 Å². The Bertz CT molecular complexity index is 1050. The van der Waals surface area contributed by atoms with Crippen LogP contribution in [-0.2, 0) is 56.0 Å². The van der Waals surface area contributed by atoms with Crippen LogP contribution in [0, 0.1) is 0 Å². The molecule has 0 spiro atoms. The van der Waals surface area contributed by atoms with Crippen LogP contribution >= 0.6 is 0 Å². The van der Waals surface area contributed by atoms with Gasteiger partial charge in [-0.15, -0.1) is 0 Å². The lowest BCUT2D eigenvalue weighted by Crippen LogP contribution is -2.55. The molecular weight excluding hydrogens is 504 g/mol. The minimum atomic E-state index is -0.729. The first-order chi connectivity index (χ1) is 18.8. The van der Waals surface area contributed by atoms with Crippen molar-refractivity contribution in [1.29, 1.82) is 0 Å². The minimum absolute atomic E-state index is 0.199. The highest BCUT2D eigenvalue weighted by Gasteiger charge is 2.45. The lowest BCUT2D eigenvalue weighted by atomic mass is 9.99. The summed E-state index contributed by atoms with van der Waals surface area (Å²) < 4.78 is 42.1. The fraction of sp³-hybridized carbons (Fsp3) is 0.533. The van der Waals surface area contributed by atoms with E-state index in [0.717, 1.165) is 11.1 Å². The van der Waals surface area contributed by atoms with E-state index in [4.69, 9.17) is 33.2 Å². The normalized spacial score (nSPS) is 30.9. The third-order valence-electron chi connectivity index (χ3n) is 6.75. The van der Waals surface area contributed by atoms with Gasteiger partial charge < -0.3 is 33.2 Å². The van der Waals surface area contributed by atoms with Crippen molar-refractivity contribution in [2.45, 2.75) is 103 Å². The second-order valence-corrected chi connectivity index (χ2v) is 9.97. The number of benzene rings is 2. The monoisotopic (exact) mass is 542 g/mol. The van der Waals surface area contributed by atoms with E-state index >= 15 is 0 Å². The fourth-order valence-corrected chi connectivity index (χ4v) is 4.96. The third kappa shape index (κ3) is 8.58. The highest BCUT2D eigenvalue weighted by Crippen LogP contribution is 2.32. The predicted molar refractivity (Wildman–Crippen MR) is 140 cm³/mol. The van der Waals surface area contributed by atoms with Crippen molar-refractivity contribution in [3.05, 3.63) is 71.8 Å². The first kappa shape index (κ1) is 29.2. The molecule has 2 aliphatic heterocycles. The largest absolute Gasteiger partial charge is 0.458 e. The average molecular weight is 543 g/mol. The van der Waals surface area contributed by atoms with Gasteiger partial charge >= 0.3 is 11.9 Å². The molecule has 0 N–H and O–H groups in total. The summed E-state index contributed by atoms with van der Waals surface area (Å²) in [6.45, 7) is 7.12. The molecule has 9 heteroatoms. The average Bonchev–Trinajstić information content (AvgIpc) is 2.90. The maximum atomic E-state index is 11.8. The van der Waals surface area contributed by atoms with Crippen LogP contribution < -0.4 is 0 Å². The number of ether oxygens (including phenoxy) is 7. The van der Waals surface area contributed by atoms with Gasteiger partial charge in [0.1, 0.15) is 12.2 Å². The molecule has 0 aliphatic carbocycles. The van der Waals surface area contributed by atoms with Gasteiger partial charge in [-0.3, -0.25) is 9.59 Å². The van der Waals surface area contributed by atoms with Crippen LogP contribution in [0.1, 0.15) is 51.7 Å². The Hall–Kier alpha value is -2.82. The van der Waals surface area contributed by atoms with E-state index in [1.165, 1.54) is 13.8 Å². The molecule has 0 bridgehead atoms. The van der Waals surface area contributed by atoms with E-state index in [-0.39, 0.29) is 18.6 Å². The van der Waals surface area contributed by atoms with E-state index in [1.54, 1.807) is 6.92 Å². The van der Waals surface area contributed by atoms with Crippen LogP contribution in [0.5, 0.6) is 0 Å². The Morgan fingerprint density at radius 2 is 1.21 bits per heavy atom. The molecule has 0 saturated carbocycles. The highest BCUT2D eigenvalue weighted by atomic mass is 16.7. The predicted octanol–water partition coefficient (Wildman–Crippen LogP) is 4.31. The molecule has 212 valence electrons. The molecule has 0 aromatic heterocycles. The smallest absolute Gasteiger partial charge is 0.303 e. The zero-order valence-corrected chi connectivity index (χ0v) is 22.9. The number of rotatable bonds is 10. The number of carbonyl (C=O) groups excluding carboxylic acids is 2. The van der Waals surface area contributed by atoms with Gasteiger partial charge in [0, 0.05) is 26.7 Å². The van der Waals surface area contributed by atoms with Crippen molar-refractivity contribution < 1.29 is 42.7 Å². The molecule has 2 fully saturated rings. The van der Waals surface area contributed by atoms with Gasteiger partial charge in [0.2, 0.25) is 0 Å². The topological polar surface area (TPSA) is 98.8 Å². The lowest BCUT2D eigenvalue weighted by Gasteiger charge is -2.44. The number of hydrogen-bond acceptors (Lipinski definition) is 9. The minimum Gasteiger partial charge on any atom is -0.458 e. The molecule has 2 aliphatic rings. The van der Waals surface area contributed by atoms with Gasteiger partial charge in [-0.05, 0) is 25.0 Å². The summed E-state index contributed by atoms with van der Waals surface area (Å²) in [7, 11) is 0. The highest BCUT2D eigenvalue weighted by molar-refractivity contribution is 5.67. The van der Waals surface area contributed by atoms with Crippen LogP contribution in [0.25, 0.3) is 0 Å². The number of carbonyl (C=O) groups is 2. The zero-order valence-electron chi connectivity index (χ0n) is 22.9. The van der Waals surface area contributed by atoms with E-state index in [2.05, 4.69) is 0 Å². The molecule has 9 nitrogen and oxygen atoms in total. The first-order valence-electron chi connectivity index (χ1n) is 13.4. The van der Waals surface area contributed by atoms with Crippen molar-refractivity contribution in [3.63, 3.8) is 0 Å². The van der Waals surface area contributed by atoms with Crippen LogP contribution in [0.15, 0.2) is 60.7 Å². The van der Waals surface area contributed by atoms with Crippen molar-refractivity contribution in [1.82, 2.24) is 0 Å². The van der Waals surface area contributed by atoms with Crippen LogP contribution in [-0.4, -0.2) is 61.1 Å². The van der Waals surface area contributed by atoms with Crippen molar-refractivity contribution in [3.8, 4) is 0 Å². The summed E-state index contributed by atoms with van der Waals surface area (Å²) in [4.78, 5) is 23.4. The Kier molecular flexibility index (Phi) is 10.5. The summed E-state index contributed by atoms with van der Waals surface area (Å²) >= 11 is 0. The summed E-state index contributed by atoms with van der Waals surface area (Å²) in [5.41, 5.74) is 2.09. The molecule has 2 saturated heterocycles. The van der Waals surface area contributed by atoms with Crippen LogP contribution in [0.3, 0.4) is 0 Å². The third-order valence-corrected chi connectivity index (χ3v) is 6.75. The van der Waals surface area contributed by atoms with E-state index in [0.29, 0.717) is 19.6 Å². The Morgan fingerprint density at radius 3 is 1.79 bits per heavy atom. The van der Waals surface area contributed by atoms with Crippen LogP contribution in [0.2, 0.25) is 0 Å². The molecule has 8 atom stereocenters. The van der Waals surface area contributed by atoms with Gasteiger partial charge in [-0.1, -0.05) is 60.7 Å². The van der Waals surface area contributed by atoms with Crippen molar-refractivity contribution >= 4 is 11.9 Å². The fourth-order valence-electron chi connectivity index (χ4n) is 4.96. The quantitative estimate of drug-likeness (QED) is 0.407. The van der Waals surface area contributed by atoms with E-state index in [1.807, 2.05) is 67.6 Å². The molecule has 2 aromatic carbocycles. The summed E-state index contributed by atoms with van der Waals surface area (Å²) in [5, 5.41) is 0. The van der Waals surface area contributed by atoms with E-state index in [9.17, 15) is 9.59 Å². The summed E-state index contributed by atoms with van der Waals surface area (Å²) in [6.07, 6.45) is -3.74. The van der Waals surface area contributed by atoms with Gasteiger partial charge in [-0.2, -0.15) is 0 Å². The molecule has 4 rings (SSSR count). The van der Waals surface area contributed by atoms with Crippen LogP contribution in [0.4, 0.5) is 0 Å². The number of hydrogen-bond donors (Lipinski definition) is 0. The molecule has 39 heavy (non-hydrogen) atoms. The maximum absolute atomic E-state index is 11.8. The Balaban J connectivity index is 1.45. The molecule has 0 unspecified atom stereocenters. The Labute approximate surface area is 229 Å². The van der Waals surface area contributed by atoms with Gasteiger partial charge in [0.15, 0.2) is 18.7 Å². The second kappa shape index (κ2) is 14.0. The molecule has 0 amide bonds. The molecule has 2 heterocycles. The SMILES string of the molecule is CC(=O)O[C@@H]1[C@@H](C)O[C@H](O[C@@H]2[C@@H](C)O[C@H](OCc3ccccc3)C[C@H]2OCc2ccccc2)C[C@H]1OC(C)=O. The van der Waals surface area contributed by atoms with Gasteiger partial charge in [0.05, 0.1) is 31.5 Å². The zero-order chi connectivity index (χ0) is 27.8. The lowest BCUT2D eigenvalue weighted by molar-refractivity contribution is -0.319.